The van der Waals surface area contributed by atoms with E-state index in [-0.39, 0.29) is 11.5 Å². The molecule has 0 saturated carbocycles. The number of carbonyl (C=O) groups is 2. The van der Waals surface area contributed by atoms with Crippen LogP contribution in [0.2, 0.25) is 0 Å². The van der Waals surface area contributed by atoms with Gasteiger partial charge in [-0.25, -0.2) is 4.39 Å². The van der Waals surface area contributed by atoms with Crippen molar-refractivity contribution < 1.29 is 14.0 Å². The zero-order valence-electron chi connectivity index (χ0n) is 17.4. The SMILES string of the molecule is Cc1ccc(C(=O)Nc2n[nH]c(-c3ccncc3)c2C)cc1NC(=O)c1ccccc1F. The summed E-state index contributed by atoms with van der Waals surface area (Å²) >= 11 is 0. The van der Waals surface area contributed by atoms with Gasteiger partial charge in [0, 0.05) is 34.8 Å². The van der Waals surface area contributed by atoms with Gasteiger partial charge in [0.25, 0.3) is 11.8 Å². The maximum atomic E-state index is 13.9. The van der Waals surface area contributed by atoms with E-state index in [0.717, 1.165) is 22.4 Å². The first-order chi connectivity index (χ1) is 15.4. The van der Waals surface area contributed by atoms with Gasteiger partial charge in [-0.1, -0.05) is 18.2 Å². The number of hydrogen-bond donors (Lipinski definition) is 3. The summed E-state index contributed by atoms with van der Waals surface area (Å²) in [6, 6.07) is 14.3. The summed E-state index contributed by atoms with van der Waals surface area (Å²) in [4.78, 5) is 29.3. The molecular weight excluding hydrogens is 409 g/mol. The standard InChI is InChI=1S/C24H20FN5O2/c1-14-7-8-17(13-20(14)27-24(32)18-5-3-4-6-19(18)25)23(31)28-22-15(2)21(29-30-22)16-9-11-26-12-10-16/h3-13H,1-2H3,(H,27,32)(H2,28,29,30,31). The van der Waals surface area contributed by atoms with Crippen molar-refractivity contribution in [1.29, 1.82) is 0 Å². The molecule has 0 radical (unpaired) electrons. The van der Waals surface area contributed by atoms with E-state index in [1.165, 1.54) is 18.2 Å². The molecule has 0 aliphatic rings. The first-order valence-electron chi connectivity index (χ1n) is 9.87. The van der Waals surface area contributed by atoms with Gasteiger partial charge in [0.2, 0.25) is 0 Å². The van der Waals surface area contributed by atoms with Crippen LogP contribution in [0.4, 0.5) is 15.9 Å². The van der Waals surface area contributed by atoms with Gasteiger partial charge in [0.15, 0.2) is 5.82 Å². The number of anilines is 2. The monoisotopic (exact) mass is 429 g/mol. The Morgan fingerprint density at radius 3 is 2.44 bits per heavy atom. The number of carbonyl (C=O) groups excluding carboxylic acids is 2. The second-order valence-corrected chi connectivity index (χ2v) is 7.23. The van der Waals surface area contributed by atoms with Crippen LogP contribution in [-0.2, 0) is 0 Å². The highest BCUT2D eigenvalue weighted by Gasteiger charge is 2.17. The van der Waals surface area contributed by atoms with Gasteiger partial charge in [-0.3, -0.25) is 19.7 Å². The lowest BCUT2D eigenvalue weighted by Crippen LogP contribution is -2.16. The number of halogens is 1. The van der Waals surface area contributed by atoms with Crippen LogP contribution in [0.1, 0.15) is 31.8 Å². The number of hydrogen-bond acceptors (Lipinski definition) is 4. The van der Waals surface area contributed by atoms with Crippen molar-refractivity contribution in [1.82, 2.24) is 15.2 Å². The van der Waals surface area contributed by atoms with Crippen LogP contribution in [-0.4, -0.2) is 27.0 Å². The fraction of sp³-hybridized carbons (Fsp3) is 0.0833. The van der Waals surface area contributed by atoms with E-state index in [4.69, 9.17) is 0 Å². The summed E-state index contributed by atoms with van der Waals surface area (Å²) < 4.78 is 13.9. The molecule has 2 amide bonds. The molecule has 0 aliphatic heterocycles. The summed E-state index contributed by atoms with van der Waals surface area (Å²) in [5.41, 5.74) is 3.88. The van der Waals surface area contributed by atoms with Crippen LogP contribution in [0.15, 0.2) is 67.0 Å². The third-order valence-electron chi connectivity index (χ3n) is 5.08. The van der Waals surface area contributed by atoms with Gasteiger partial charge in [-0.05, 0) is 55.8 Å². The van der Waals surface area contributed by atoms with E-state index in [1.807, 2.05) is 19.1 Å². The predicted molar refractivity (Wildman–Crippen MR) is 120 cm³/mol. The maximum Gasteiger partial charge on any atom is 0.258 e. The molecule has 0 bridgehead atoms. The zero-order valence-corrected chi connectivity index (χ0v) is 17.4. The normalized spacial score (nSPS) is 10.6. The molecule has 0 saturated heterocycles. The number of aryl methyl sites for hydroxylation is 1. The summed E-state index contributed by atoms with van der Waals surface area (Å²) in [7, 11) is 0. The first-order valence-corrected chi connectivity index (χ1v) is 9.87. The molecule has 0 aliphatic carbocycles. The second kappa shape index (κ2) is 8.81. The second-order valence-electron chi connectivity index (χ2n) is 7.23. The van der Waals surface area contributed by atoms with Crippen LogP contribution in [0.5, 0.6) is 0 Å². The largest absolute Gasteiger partial charge is 0.322 e. The number of aromatic nitrogens is 3. The average Bonchev–Trinajstić information content (AvgIpc) is 3.16. The lowest BCUT2D eigenvalue weighted by molar-refractivity contribution is 0.101. The van der Waals surface area contributed by atoms with E-state index < -0.39 is 11.7 Å². The van der Waals surface area contributed by atoms with E-state index >= 15 is 0 Å². The number of aromatic amines is 1. The Balaban J connectivity index is 1.54. The quantitative estimate of drug-likeness (QED) is 0.427. The summed E-state index contributed by atoms with van der Waals surface area (Å²) in [6.07, 6.45) is 3.36. The summed E-state index contributed by atoms with van der Waals surface area (Å²) in [6.45, 7) is 3.64. The molecule has 4 rings (SSSR count). The molecule has 7 nitrogen and oxygen atoms in total. The minimum atomic E-state index is -0.615. The third-order valence-corrected chi connectivity index (χ3v) is 5.08. The Labute approximate surface area is 183 Å². The molecule has 32 heavy (non-hydrogen) atoms. The molecule has 2 aromatic heterocycles. The predicted octanol–water partition coefficient (Wildman–Crippen LogP) is 4.73. The summed E-state index contributed by atoms with van der Waals surface area (Å²) in [5, 5.41) is 12.6. The van der Waals surface area contributed by atoms with Crippen LogP contribution >= 0.6 is 0 Å². The van der Waals surface area contributed by atoms with Crippen molar-refractivity contribution in [2.75, 3.05) is 10.6 Å². The van der Waals surface area contributed by atoms with Crippen molar-refractivity contribution >= 4 is 23.3 Å². The number of nitrogens with zero attached hydrogens (tertiary/aromatic N) is 2. The Kier molecular flexibility index (Phi) is 5.76. The van der Waals surface area contributed by atoms with Crippen molar-refractivity contribution in [3.05, 3.63) is 95.1 Å². The van der Waals surface area contributed by atoms with E-state index in [2.05, 4.69) is 25.8 Å². The Bertz CT molecular complexity index is 1300. The molecule has 2 heterocycles. The van der Waals surface area contributed by atoms with E-state index in [0.29, 0.717) is 17.1 Å². The van der Waals surface area contributed by atoms with Gasteiger partial charge < -0.3 is 10.6 Å². The summed E-state index contributed by atoms with van der Waals surface area (Å²) in [5.74, 6) is -1.19. The number of nitrogens with one attached hydrogen (secondary N) is 3. The lowest BCUT2D eigenvalue weighted by atomic mass is 10.1. The van der Waals surface area contributed by atoms with Crippen LogP contribution in [0, 0.1) is 19.7 Å². The van der Waals surface area contributed by atoms with Crippen molar-refractivity contribution in [3.8, 4) is 11.3 Å². The zero-order chi connectivity index (χ0) is 22.7. The molecule has 0 fully saturated rings. The molecule has 8 heteroatoms. The van der Waals surface area contributed by atoms with E-state index in [9.17, 15) is 14.0 Å². The molecular formula is C24H20FN5O2. The maximum absolute atomic E-state index is 13.9. The molecule has 0 atom stereocenters. The third kappa shape index (κ3) is 4.24. The van der Waals surface area contributed by atoms with Gasteiger partial charge in [0.1, 0.15) is 5.82 Å². The molecule has 2 aromatic carbocycles. The molecule has 4 aromatic rings. The van der Waals surface area contributed by atoms with Crippen molar-refractivity contribution in [3.63, 3.8) is 0 Å². The Morgan fingerprint density at radius 2 is 1.69 bits per heavy atom. The average molecular weight is 429 g/mol. The minimum absolute atomic E-state index is 0.0717. The fourth-order valence-corrected chi connectivity index (χ4v) is 3.23. The topological polar surface area (TPSA) is 99.8 Å². The van der Waals surface area contributed by atoms with Crippen molar-refractivity contribution in [2.45, 2.75) is 13.8 Å². The molecule has 0 unspecified atom stereocenters. The number of H-pyrrole nitrogens is 1. The Hall–Kier alpha value is -4.33. The van der Waals surface area contributed by atoms with E-state index in [1.54, 1.807) is 43.6 Å². The molecule has 160 valence electrons. The van der Waals surface area contributed by atoms with Gasteiger partial charge in [0.05, 0.1) is 11.3 Å². The highest BCUT2D eigenvalue weighted by molar-refractivity contribution is 6.08. The van der Waals surface area contributed by atoms with Gasteiger partial charge in [-0.2, -0.15) is 5.10 Å². The highest BCUT2D eigenvalue weighted by Crippen LogP contribution is 2.26. The number of amides is 2. The first kappa shape index (κ1) is 20.9. The molecule has 0 spiro atoms. The van der Waals surface area contributed by atoms with Gasteiger partial charge in [-0.15, -0.1) is 0 Å². The number of pyridine rings is 1. The smallest absolute Gasteiger partial charge is 0.258 e. The van der Waals surface area contributed by atoms with Crippen LogP contribution in [0.25, 0.3) is 11.3 Å². The van der Waals surface area contributed by atoms with Crippen molar-refractivity contribution in [2.24, 2.45) is 0 Å². The number of rotatable bonds is 5. The van der Waals surface area contributed by atoms with Crippen LogP contribution < -0.4 is 10.6 Å². The fourth-order valence-electron chi connectivity index (χ4n) is 3.23. The van der Waals surface area contributed by atoms with Gasteiger partial charge >= 0.3 is 0 Å². The minimum Gasteiger partial charge on any atom is -0.322 e. The number of benzene rings is 2. The molecule has 3 N–H and O–H groups in total. The highest BCUT2D eigenvalue weighted by atomic mass is 19.1. The lowest BCUT2D eigenvalue weighted by Gasteiger charge is -2.11. The Morgan fingerprint density at radius 1 is 0.938 bits per heavy atom. The van der Waals surface area contributed by atoms with Crippen LogP contribution in [0.3, 0.4) is 0 Å².